The standard InChI is InChI=1S/C21H19F2N3O3S/c1-2-28-20(27)10-17-13-30-21(25-17)26-24-11-14-4-3-5-15(8-14)12-29-19-7-6-16(22)9-18(19)23/h3-9,11,13H,2,10,12H2,1H3,(H,25,26). The average molecular weight is 431 g/mol. The van der Waals surface area contributed by atoms with Crippen molar-refractivity contribution in [2.45, 2.75) is 20.0 Å². The molecule has 9 heteroatoms. The van der Waals surface area contributed by atoms with E-state index in [2.05, 4.69) is 15.5 Å². The van der Waals surface area contributed by atoms with Gasteiger partial charge in [-0.2, -0.15) is 5.10 Å². The van der Waals surface area contributed by atoms with Crippen molar-refractivity contribution in [3.05, 3.63) is 76.3 Å². The first-order valence-corrected chi connectivity index (χ1v) is 9.97. The third-order valence-electron chi connectivity index (χ3n) is 3.80. The SMILES string of the molecule is CCOC(=O)Cc1csc(NN=Cc2cccc(COc3ccc(F)cc3F)c2)n1. The number of carbonyl (C=O) groups is 1. The minimum absolute atomic E-state index is 0.0143. The number of hydrogen-bond donors (Lipinski definition) is 1. The van der Waals surface area contributed by atoms with E-state index in [9.17, 15) is 13.6 Å². The van der Waals surface area contributed by atoms with Crippen LogP contribution in [0.2, 0.25) is 0 Å². The zero-order chi connectivity index (χ0) is 21.3. The van der Waals surface area contributed by atoms with Crippen LogP contribution in [0.5, 0.6) is 5.75 Å². The number of halogens is 2. The van der Waals surface area contributed by atoms with Crippen molar-refractivity contribution in [2.24, 2.45) is 5.10 Å². The van der Waals surface area contributed by atoms with E-state index in [-0.39, 0.29) is 24.7 Å². The highest BCUT2D eigenvalue weighted by atomic mass is 32.1. The molecule has 0 atom stereocenters. The molecule has 0 aliphatic carbocycles. The van der Waals surface area contributed by atoms with Gasteiger partial charge in [-0.15, -0.1) is 11.3 Å². The minimum atomic E-state index is -0.748. The molecule has 1 N–H and O–H groups in total. The summed E-state index contributed by atoms with van der Waals surface area (Å²) in [6.45, 7) is 2.21. The van der Waals surface area contributed by atoms with Gasteiger partial charge in [0.05, 0.1) is 24.9 Å². The lowest BCUT2D eigenvalue weighted by molar-refractivity contribution is -0.142. The molecule has 6 nitrogen and oxygen atoms in total. The van der Waals surface area contributed by atoms with Gasteiger partial charge in [0.15, 0.2) is 11.6 Å². The number of ether oxygens (including phenoxy) is 2. The topological polar surface area (TPSA) is 72.8 Å². The van der Waals surface area contributed by atoms with Crippen molar-refractivity contribution in [2.75, 3.05) is 12.0 Å². The first-order valence-electron chi connectivity index (χ1n) is 9.09. The zero-order valence-electron chi connectivity index (χ0n) is 16.1. The van der Waals surface area contributed by atoms with E-state index in [1.807, 2.05) is 24.3 Å². The fraction of sp³-hybridized carbons (Fsp3) is 0.190. The number of nitrogens with one attached hydrogen (secondary N) is 1. The van der Waals surface area contributed by atoms with E-state index < -0.39 is 11.6 Å². The number of benzene rings is 2. The quantitative estimate of drug-likeness (QED) is 0.306. The Morgan fingerprint density at radius 3 is 2.93 bits per heavy atom. The van der Waals surface area contributed by atoms with Gasteiger partial charge in [-0.25, -0.2) is 13.8 Å². The summed E-state index contributed by atoms with van der Waals surface area (Å²) >= 11 is 1.33. The Morgan fingerprint density at radius 2 is 2.13 bits per heavy atom. The summed E-state index contributed by atoms with van der Waals surface area (Å²) in [5.41, 5.74) is 5.03. The van der Waals surface area contributed by atoms with Crippen LogP contribution in [0.15, 0.2) is 52.9 Å². The van der Waals surface area contributed by atoms with E-state index in [0.717, 1.165) is 23.3 Å². The first-order chi connectivity index (χ1) is 14.5. The van der Waals surface area contributed by atoms with Gasteiger partial charge in [0.25, 0.3) is 0 Å². The van der Waals surface area contributed by atoms with Crippen LogP contribution in [0.3, 0.4) is 0 Å². The molecule has 2 aromatic carbocycles. The van der Waals surface area contributed by atoms with Gasteiger partial charge in [0.2, 0.25) is 5.13 Å². The molecule has 0 saturated carbocycles. The summed E-state index contributed by atoms with van der Waals surface area (Å²) in [5.74, 6) is -1.74. The van der Waals surface area contributed by atoms with Crippen molar-refractivity contribution in [1.82, 2.24) is 4.98 Å². The van der Waals surface area contributed by atoms with Crippen LogP contribution in [0.25, 0.3) is 0 Å². The predicted molar refractivity (Wildman–Crippen MR) is 111 cm³/mol. The van der Waals surface area contributed by atoms with Crippen molar-refractivity contribution in [1.29, 1.82) is 0 Å². The Kier molecular flexibility index (Phi) is 7.45. The molecule has 0 bridgehead atoms. The van der Waals surface area contributed by atoms with Gasteiger partial charge in [0, 0.05) is 11.4 Å². The maximum absolute atomic E-state index is 13.6. The Morgan fingerprint density at radius 1 is 1.27 bits per heavy atom. The van der Waals surface area contributed by atoms with Gasteiger partial charge < -0.3 is 9.47 Å². The summed E-state index contributed by atoms with van der Waals surface area (Å²) in [7, 11) is 0. The molecular formula is C21H19F2N3O3S. The number of anilines is 1. The second kappa shape index (κ2) is 10.4. The molecular weight excluding hydrogens is 412 g/mol. The summed E-state index contributed by atoms with van der Waals surface area (Å²) in [5, 5.41) is 6.46. The molecule has 1 heterocycles. The largest absolute Gasteiger partial charge is 0.486 e. The van der Waals surface area contributed by atoms with E-state index in [1.165, 1.54) is 17.4 Å². The Bertz CT molecular complexity index is 1040. The van der Waals surface area contributed by atoms with Gasteiger partial charge in [-0.1, -0.05) is 18.2 Å². The van der Waals surface area contributed by atoms with Crippen LogP contribution >= 0.6 is 11.3 Å². The first kappa shape index (κ1) is 21.4. The monoisotopic (exact) mass is 431 g/mol. The molecule has 3 aromatic rings. The number of hydrazone groups is 1. The second-order valence-electron chi connectivity index (χ2n) is 6.10. The fourth-order valence-corrected chi connectivity index (χ4v) is 3.14. The van der Waals surface area contributed by atoms with Crippen molar-refractivity contribution < 1.29 is 23.0 Å². The highest BCUT2D eigenvalue weighted by molar-refractivity contribution is 7.13. The van der Waals surface area contributed by atoms with Crippen LogP contribution in [0.4, 0.5) is 13.9 Å². The van der Waals surface area contributed by atoms with Crippen LogP contribution in [-0.4, -0.2) is 23.8 Å². The van der Waals surface area contributed by atoms with Gasteiger partial charge >= 0.3 is 5.97 Å². The number of nitrogens with zero attached hydrogens (tertiary/aromatic N) is 2. The highest BCUT2D eigenvalue weighted by Crippen LogP contribution is 2.19. The highest BCUT2D eigenvalue weighted by Gasteiger charge is 2.08. The van der Waals surface area contributed by atoms with Gasteiger partial charge in [-0.05, 0) is 36.2 Å². The molecule has 0 aliphatic rings. The van der Waals surface area contributed by atoms with Crippen LogP contribution in [0.1, 0.15) is 23.7 Å². The van der Waals surface area contributed by atoms with E-state index in [0.29, 0.717) is 17.4 Å². The van der Waals surface area contributed by atoms with Gasteiger partial charge in [0.1, 0.15) is 12.4 Å². The number of hydrogen-bond acceptors (Lipinski definition) is 7. The molecule has 0 amide bonds. The molecule has 0 fully saturated rings. The normalized spacial score (nSPS) is 10.9. The molecule has 156 valence electrons. The smallest absolute Gasteiger partial charge is 0.311 e. The lowest BCUT2D eigenvalue weighted by Crippen LogP contribution is -2.07. The minimum Gasteiger partial charge on any atom is -0.486 e. The van der Waals surface area contributed by atoms with Crippen LogP contribution in [-0.2, 0) is 22.6 Å². The van der Waals surface area contributed by atoms with Crippen LogP contribution < -0.4 is 10.2 Å². The van der Waals surface area contributed by atoms with Crippen molar-refractivity contribution >= 4 is 28.7 Å². The zero-order valence-corrected chi connectivity index (χ0v) is 16.9. The predicted octanol–water partition coefficient (Wildman–Crippen LogP) is 4.55. The molecule has 0 saturated heterocycles. The number of aromatic nitrogens is 1. The molecule has 3 rings (SSSR count). The molecule has 0 radical (unpaired) electrons. The summed E-state index contributed by atoms with van der Waals surface area (Å²) in [6.07, 6.45) is 1.72. The fourth-order valence-electron chi connectivity index (χ4n) is 2.48. The maximum Gasteiger partial charge on any atom is 0.311 e. The maximum atomic E-state index is 13.6. The molecule has 30 heavy (non-hydrogen) atoms. The number of thiazole rings is 1. The molecule has 1 aromatic heterocycles. The van der Waals surface area contributed by atoms with Gasteiger partial charge in [-0.3, -0.25) is 10.2 Å². The second-order valence-corrected chi connectivity index (χ2v) is 6.96. The third-order valence-corrected chi connectivity index (χ3v) is 4.59. The summed E-state index contributed by atoms with van der Waals surface area (Å²) in [6, 6.07) is 10.5. The number of esters is 1. The summed E-state index contributed by atoms with van der Waals surface area (Å²) in [4.78, 5) is 15.7. The van der Waals surface area contributed by atoms with Crippen molar-refractivity contribution in [3.8, 4) is 5.75 Å². The van der Waals surface area contributed by atoms with E-state index in [1.54, 1.807) is 18.5 Å². The molecule has 0 unspecified atom stereocenters. The van der Waals surface area contributed by atoms with E-state index >= 15 is 0 Å². The summed E-state index contributed by atoms with van der Waals surface area (Å²) < 4.78 is 36.9. The third kappa shape index (κ3) is 6.35. The number of carbonyl (C=O) groups excluding carboxylic acids is 1. The Hall–Kier alpha value is -3.33. The molecule has 0 aliphatic heterocycles. The average Bonchev–Trinajstić information content (AvgIpc) is 3.15. The Labute approximate surface area is 176 Å². The lowest BCUT2D eigenvalue weighted by atomic mass is 10.1. The van der Waals surface area contributed by atoms with Crippen molar-refractivity contribution in [3.63, 3.8) is 0 Å². The van der Waals surface area contributed by atoms with E-state index in [4.69, 9.17) is 9.47 Å². The van der Waals surface area contributed by atoms with Crippen LogP contribution in [0, 0.1) is 11.6 Å². The Balaban J connectivity index is 1.54. The molecule has 0 spiro atoms. The lowest BCUT2D eigenvalue weighted by Gasteiger charge is -2.07. The number of rotatable bonds is 9.